The number of sulfonamides is 1. The predicted octanol–water partition coefficient (Wildman–Crippen LogP) is 3.05. The first-order valence-electron chi connectivity index (χ1n) is 9.03. The van der Waals surface area contributed by atoms with Crippen LogP contribution in [0.4, 0.5) is 5.69 Å². The van der Waals surface area contributed by atoms with Gasteiger partial charge < -0.3 is 10.6 Å². The number of nitrogens with zero attached hydrogens (tertiary/aromatic N) is 2. The van der Waals surface area contributed by atoms with Crippen molar-refractivity contribution in [2.75, 3.05) is 25.0 Å². The molecule has 152 valence electrons. The summed E-state index contributed by atoms with van der Waals surface area (Å²) in [5.41, 5.74) is 1.33. The van der Waals surface area contributed by atoms with Crippen LogP contribution in [0.15, 0.2) is 47.5 Å². The van der Waals surface area contributed by atoms with E-state index >= 15 is 0 Å². The fraction of sp³-hybridized carbons (Fsp3) is 0.368. The van der Waals surface area contributed by atoms with Gasteiger partial charge in [0.15, 0.2) is 5.15 Å². The van der Waals surface area contributed by atoms with Gasteiger partial charge in [0.05, 0.1) is 17.1 Å². The van der Waals surface area contributed by atoms with Crippen molar-refractivity contribution in [2.24, 2.45) is 0 Å². The van der Waals surface area contributed by atoms with Gasteiger partial charge in [-0.05, 0) is 36.8 Å². The SMILES string of the molecule is CCN(CC)S(=O)(=O)c1ccc([C@H](C)NCC(=O)Nc2cccnc2Cl)cc1. The average molecular weight is 425 g/mol. The Kier molecular flexibility index (Phi) is 7.94. The van der Waals surface area contributed by atoms with Gasteiger partial charge in [0.1, 0.15) is 0 Å². The van der Waals surface area contributed by atoms with Gasteiger partial charge in [-0.25, -0.2) is 13.4 Å². The lowest BCUT2D eigenvalue weighted by Gasteiger charge is -2.19. The minimum Gasteiger partial charge on any atom is -0.322 e. The van der Waals surface area contributed by atoms with Crippen molar-refractivity contribution in [3.63, 3.8) is 0 Å². The molecular formula is C19H25ClN4O3S. The number of carbonyl (C=O) groups is 1. The Balaban J connectivity index is 1.97. The summed E-state index contributed by atoms with van der Waals surface area (Å²) in [4.78, 5) is 16.2. The summed E-state index contributed by atoms with van der Waals surface area (Å²) in [7, 11) is -3.48. The van der Waals surface area contributed by atoms with Gasteiger partial charge in [-0.3, -0.25) is 4.79 Å². The van der Waals surface area contributed by atoms with E-state index in [2.05, 4.69) is 15.6 Å². The van der Waals surface area contributed by atoms with E-state index in [1.54, 1.807) is 42.6 Å². The Hall–Kier alpha value is -2.00. The summed E-state index contributed by atoms with van der Waals surface area (Å²) >= 11 is 5.92. The van der Waals surface area contributed by atoms with Crippen LogP contribution in [0.5, 0.6) is 0 Å². The second-order valence-corrected chi connectivity index (χ2v) is 8.45. The predicted molar refractivity (Wildman–Crippen MR) is 111 cm³/mol. The highest BCUT2D eigenvalue weighted by molar-refractivity contribution is 7.89. The summed E-state index contributed by atoms with van der Waals surface area (Å²) in [5.74, 6) is -0.248. The normalized spacial score (nSPS) is 12.8. The summed E-state index contributed by atoms with van der Waals surface area (Å²) < 4.78 is 26.5. The zero-order valence-corrected chi connectivity index (χ0v) is 17.7. The molecule has 0 aliphatic carbocycles. The van der Waals surface area contributed by atoms with Gasteiger partial charge in [0, 0.05) is 25.3 Å². The molecule has 2 aromatic rings. The number of hydrogen-bond acceptors (Lipinski definition) is 5. The smallest absolute Gasteiger partial charge is 0.243 e. The number of rotatable bonds is 9. The molecule has 9 heteroatoms. The molecule has 0 saturated carbocycles. The van der Waals surface area contributed by atoms with Gasteiger partial charge in [0.25, 0.3) is 0 Å². The maximum Gasteiger partial charge on any atom is 0.243 e. The van der Waals surface area contributed by atoms with E-state index < -0.39 is 10.0 Å². The van der Waals surface area contributed by atoms with E-state index in [0.29, 0.717) is 18.8 Å². The van der Waals surface area contributed by atoms with Crippen molar-refractivity contribution in [1.82, 2.24) is 14.6 Å². The molecule has 1 amide bonds. The van der Waals surface area contributed by atoms with Crippen molar-refractivity contribution in [2.45, 2.75) is 31.7 Å². The molecular weight excluding hydrogens is 400 g/mol. The summed E-state index contributed by atoms with van der Waals surface area (Å²) in [5, 5.41) is 6.03. The van der Waals surface area contributed by atoms with Crippen LogP contribution in [0.1, 0.15) is 32.4 Å². The molecule has 1 heterocycles. The number of aromatic nitrogens is 1. The highest BCUT2D eigenvalue weighted by Gasteiger charge is 2.21. The minimum absolute atomic E-state index is 0.0753. The molecule has 0 spiro atoms. The Bertz CT molecular complexity index is 900. The van der Waals surface area contributed by atoms with E-state index in [4.69, 9.17) is 11.6 Å². The highest BCUT2D eigenvalue weighted by atomic mass is 35.5. The number of carbonyl (C=O) groups excluding carboxylic acids is 1. The van der Waals surface area contributed by atoms with Crippen LogP contribution >= 0.6 is 11.6 Å². The summed E-state index contributed by atoms with van der Waals surface area (Å²) in [6.45, 7) is 6.45. The first-order valence-corrected chi connectivity index (χ1v) is 10.8. The van der Waals surface area contributed by atoms with Crippen molar-refractivity contribution >= 4 is 33.2 Å². The van der Waals surface area contributed by atoms with Crippen molar-refractivity contribution < 1.29 is 13.2 Å². The topological polar surface area (TPSA) is 91.4 Å². The second-order valence-electron chi connectivity index (χ2n) is 6.15. The van der Waals surface area contributed by atoms with Gasteiger partial charge in [0.2, 0.25) is 15.9 Å². The molecule has 0 saturated heterocycles. The number of anilines is 1. The van der Waals surface area contributed by atoms with Crippen molar-refractivity contribution in [3.05, 3.63) is 53.3 Å². The molecule has 7 nitrogen and oxygen atoms in total. The van der Waals surface area contributed by atoms with Crippen LogP contribution < -0.4 is 10.6 Å². The van der Waals surface area contributed by atoms with Gasteiger partial charge in [-0.1, -0.05) is 37.6 Å². The number of nitrogens with one attached hydrogen (secondary N) is 2. The fourth-order valence-electron chi connectivity index (χ4n) is 2.68. The van der Waals surface area contributed by atoms with E-state index in [0.717, 1.165) is 5.56 Å². The second kappa shape index (κ2) is 9.97. The largest absolute Gasteiger partial charge is 0.322 e. The molecule has 1 atom stereocenters. The Morgan fingerprint density at radius 2 is 1.82 bits per heavy atom. The van der Waals surface area contributed by atoms with Crippen LogP contribution in [0.2, 0.25) is 5.15 Å². The van der Waals surface area contributed by atoms with E-state index in [9.17, 15) is 13.2 Å². The molecule has 0 fully saturated rings. The van der Waals surface area contributed by atoms with Gasteiger partial charge in [-0.2, -0.15) is 4.31 Å². The number of hydrogen-bond donors (Lipinski definition) is 2. The van der Waals surface area contributed by atoms with E-state index in [1.807, 2.05) is 20.8 Å². The quantitative estimate of drug-likeness (QED) is 0.603. The number of amides is 1. The lowest BCUT2D eigenvalue weighted by atomic mass is 10.1. The molecule has 0 unspecified atom stereocenters. The van der Waals surface area contributed by atoms with Crippen LogP contribution in [0, 0.1) is 0 Å². The third kappa shape index (κ3) is 5.51. The average Bonchev–Trinajstić information content (AvgIpc) is 2.68. The first-order chi connectivity index (χ1) is 13.3. The van der Waals surface area contributed by atoms with Crippen LogP contribution in [0.3, 0.4) is 0 Å². The molecule has 1 aromatic carbocycles. The van der Waals surface area contributed by atoms with Crippen LogP contribution in [-0.4, -0.2) is 43.2 Å². The van der Waals surface area contributed by atoms with Crippen molar-refractivity contribution in [1.29, 1.82) is 0 Å². The zero-order chi connectivity index (χ0) is 20.7. The van der Waals surface area contributed by atoms with Crippen LogP contribution in [0.25, 0.3) is 0 Å². The lowest BCUT2D eigenvalue weighted by Crippen LogP contribution is -2.31. The van der Waals surface area contributed by atoms with Gasteiger partial charge >= 0.3 is 0 Å². The molecule has 2 rings (SSSR count). The maximum absolute atomic E-state index is 12.5. The first kappa shape index (κ1) is 22.3. The van der Waals surface area contributed by atoms with E-state index in [1.165, 1.54) is 4.31 Å². The summed E-state index contributed by atoms with van der Waals surface area (Å²) in [6.07, 6.45) is 1.54. The molecule has 2 N–H and O–H groups in total. The summed E-state index contributed by atoms with van der Waals surface area (Å²) in [6, 6.07) is 9.92. The molecule has 0 bridgehead atoms. The standard InChI is InChI=1S/C19H25ClN4O3S/c1-4-24(5-2)28(26,27)16-10-8-15(9-11-16)14(3)22-13-18(25)23-17-7-6-12-21-19(17)20/h6-12,14,22H,4-5,13H2,1-3H3,(H,23,25)/t14-/m0/s1. The maximum atomic E-state index is 12.5. The Morgan fingerprint density at radius 1 is 1.18 bits per heavy atom. The number of benzene rings is 1. The van der Waals surface area contributed by atoms with Crippen LogP contribution in [-0.2, 0) is 14.8 Å². The van der Waals surface area contributed by atoms with Crippen molar-refractivity contribution in [3.8, 4) is 0 Å². The Morgan fingerprint density at radius 3 is 2.39 bits per heavy atom. The lowest BCUT2D eigenvalue weighted by molar-refractivity contribution is -0.115. The number of pyridine rings is 1. The monoisotopic (exact) mass is 424 g/mol. The third-order valence-electron chi connectivity index (χ3n) is 4.33. The van der Waals surface area contributed by atoms with Gasteiger partial charge in [-0.15, -0.1) is 0 Å². The minimum atomic E-state index is -3.48. The van der Waals surface area contributed by atoms with E-state index in [-0.39, 0.29) is 28.5 Å². The fourth-order valence-corrected chi connectivity index (χ4v) is 4.30. The molecule has 0 radical (unpaired) electrons. The molecule has 0 aliphatic heterocycles. The molecule has 0 aliphatic rings. The third-order valence-corrected chi connectivity index (χ3v) is 6.69. The molecule has 28 heavy (non-hydrogen) atoms. The molecule has 1 aromatic heterocycles. The highest BCUT2D eigenvalue weighted by Crippen LogP contribution is 2.20. The number of halogens is 1. The zero-order valence-electron chi connectivity index (χ0n) is 16.1. The Labute approximate surface area is 171 Å².